The third-order valence-corrected chi connectivity index (χ3v) is 10.5. The normalized spacial score (nSPS) is 11.6. The minimum Gasteiger partial charge on any atom is -0.455 e. The van der Waals surface area contributed by atoms with E-state index >= 15 is 0 Å². The standard InChI is InChI=1S/C45H27N3OS/c1-3-11-28(12-4-1)29-19-21-31(22-20-29)44-46-43(30-13-5-2-6-14-30)47-45(48-44)37-26-25-33(41-36-16-7-9-17-38(36)49-42(37)41)32-23-24-35-34-15-8-10-18-39(34)50-40(35)27-32/h1-27H. The van der Waals surface area contributed by atoms with Gasteiger partial charge in [-0.25, -0.2) is 15.0 Å². The number of nitrogens with zero attached hydrogens (tertiary/aromatic N) is 3. The van der Waals surface area contributed by atoms with Gasteiger partial charge in [0.15, 0.2) is 17.5 Å². The van der Waals surface area contributed by atoms with Crippen LogP contribution in [0.4, 0.5) is 0 Å². The maximum atomic E-state index is 6.69. The van der Waals surface area contributed by atoms with Crippen molar-refractivity contribution in [2.45, 2.75) is 0 Å². The van der Waals surface area contributed by atoms with Crippen molar-refractivity contribution in [1.82, 2.24) is 15.0 Å². The van der Waals surface area contributed by atoms with Crippen LogP contribution in [-0.4, -0.2) is 15.0 Å². The molecule has 7 aromatic carbocycles. The second kappa shape index (κ2) is 11.6. The Morgan fingerprint density at radius 1 is 0.380 bits per heavy atom. The lowest BCUT2D eigenvalue weighted by Crippen LogP contribution is -2.00. The average Bonchev–Trinajstić information content (AvgIpc) is 3.77. The van der Waals surface area contributed by atoms with E-state index in [9.17, 15) is 0 Å². The van der Waals surface area contributed by atoms with Gasteiger partial charge in [-0.1, -0.05) is 140 Å². The van der Waals surface area contributed by atoms with Crippen molar-refractivity contribution in [3.63, 3.8) is 0 Å². The zero-order chi connectivity index (χ0) is 33.0. The zero-order valence-electron chi connectivity index (χ0n) is 26.7. The zero-order valence-corrected chi connectivity index (χ0v) is 27.6. The van der Waals surface area contributed by atoms with Crippen LogP contribution in [0.5, 0.6) is 0 Å². The number of hydrogen-bond donors (Lipinski definition) is 0. The van der Waals surface area contributed by atoms with Gasteiger partial charge >= 0.3 is 0 Å². The van der Waals surface area contributed by atoms with Gasteiger partial charge in [0.2, 0.25) is 0 Å². The summed E-state index contributed by atoms with van der Waals surface area (Å²) in [4.78, 5) is 15.2. The number of aromatic nitrogens is 3. The molecule has 0 bridgehead atoms. The molecule has 0 spiro atoms. The van der Waals surface area contributed by atoms with Gasteiger partial charge in [0.1, 0.15) is 11.2 Å². The highest BCUT2D eigenvalue weighted by molar-refractivity contribution is 7.25. The predicted octanol–water partition coefficient (Wildman–Crippen LogP) is 12.5. The van der Waals surface area contributed by atoms with Gasteiger partial charge in [-0.05, 0) is 46.5 Å². The summed E-state index contributed by atoms with van der Waals surface area (Å²) < 4.78 is 9.25. The number of benzene rings is 7. The SMILES string of the molecule is c1ccc(-c2ccc(-c3nc(-c4ccccc4)nc(-c4ccc(-c5ccc6c(c5)sc5ccccc56)c5c4oc4ccccc45)n3)cc2)cc1. The highest BCUT2D eigenvalue weighted by Gasteiger charge is 2.21. The molecule has 0 fully saturated rings. The molecule has 0 aliphatic rings. The Bertz CT molecular complexity index is 2860. The Kier molecular flexibility index (Phi) is 6.64. The third kappa shape index (κ3) is 4.79. The molecule has 0 saturated carbocycles. The van der Waals surface area contributed by atoms with E-state index in [1.165, 1.54) is 25.7 Å². The van der Waals surface area contributed by atoms with Crippen LogP contribution in [0.3, 0.4) is 0 Å². The second-order valence-electron chi connectivity index (χ2n) is 12.4. The molecule has 0 aliphatic carbocycles. The molecule has 234 valence electrons. The van der Waals surface area contributed by atoms with Gasteiger partial charge in [0.25, 0.3) is 0 Å². The summed E-state index contributed by atoms with van der Waals surface area (Å²) in [7, 11) is 0. The Morgan fingerprint density at radius 3 is 1.70 bits per heavy atom. The first kappa shape index (κ1) is 28.6. The van der Waals surface area contributed by atoms with Gasteiger partial charge < -0.3 is 4.42 Å². The summed E-state index contributed by atoms with van der Waals surface area (Å²) in [6.07, 6.45) is 0. The molecule has 0 aliphatic heterocycles. The number of furan rings is 1. The van der Waals surface area contributed by atoms with Gasteiger partial charge in [0.05, 0.1) is 5.56 Å². The summed E-state index contributed by atoms with van der Waals surface area (Å²) in [5.74, 6) is 1.79. The summed E-state index contributed by atoms with van der Waals surface area (Å²) in [5, 5.41) is 4.68. The third-order valence-electron chi connectivity index (χ3n) is 9.37. The lowest BCUT2D eigenvalue weighted by atomic mass is 9.96. The molecule has 4 nitrogen and oxygen atoms in total. The molecule has 3 heterocycles. The molecule has 3 aromatic heterocycles. The smallest absolute Gasteiger partial charge is 0.167 e. The molecule has 0 saturated heterocycles. The first-order valence-corrected chi connectivity index (χ1v) is 17.4. The van der Waals surface area contributed by atoms with E-state index in [0.29, 0.717) is 17.5 Å². The van der Waals surface area contributed by atoms with Crippen LogP contribution >= 0.6 is 11.3 Å². The molecule has 50 heavy (non-hydrogen) atoms. The van der Waals surface area contributed by atoms with Crippen LogP contribution in [-0.2, 0) is 0 Å². The molecule has 10 aromatic rings. The first-order chi connectivity index (χ1) is 24.8. The highest BCUT2D eigenvalue weighted by atomic mass is 32.1. The molecular weight excluding hydrogens is 631 g/mol. The molecular formula is C45H27N3OS. The lowest BCUT2D eigenvalue weighted by Gasteiger charge is -2.11. The van der Waals surface area contributed by atoms with E-state index in [2.05, 4.69) is 115 Å². The lowest BCUT2D eigenvalue weighted by molar-refractivity contribution is 0.669. The van der Waals surface area contributed by atoms with Crippen LogP contribution in [0.25, 0.3) is 98.5 Å². The fraction of sp³-hybridized carbons (Fsp3) is 0. The van der Waals surface area contributed by atoms with Crippen LogP contribution in [0, 0.1) is 0 Å². The average molecular weight is 658 g/mol. The number of hydrogen-bond acceptors (Lipinski definition) is 5. The molecule has 0 N–H and O–H groups in total. The Hall–Kier alpha value is -6.43. The maximum absolute atomic E-state index is 6.69. The molecule has 0 radical (unpaired) electrons. The van der Waals surface area contributed by atoms with Crippen LogP contribution in [0.15, 0.2) is 168 Å². The number of fused-ring (bicyclic) bond motifs is 6. The van der Waals surface area contributed by atoms with Gasteiger partial charge in [0, 0.05) is 42.1 Å². The fourth-order valence-corrected chi connectivity index (χ4v) is 8.07. The molecule has 10 rings (SSSR count). The topological polar surface area (TPSA) is 51.8 Å². The van der Waals surface area contributed by atoms with E-state index in [0.717, 1.165) is 55.3 Å². The van der Waals surface area contributed by atoms with Crippen molar-refractivity contribution in [2.24, 2.45) is 0 Å². The van der Waals surface area contributed by atoms with Crippen molar-refractivity contribution in [2.75, 3.05) is 0 Å². The van der Waals surface area contributed by atoms with Gasteiger partial charge in [-0.15, -0.1) is 11.3 Å². The van der Waals surface area contributed by atoms with Crippen LogP contribution in [0.2, 0.25) is 0 Å². The highest BCUT2D eigenvalue weighted by Crippen LogP contribution is 2.43. The Morgan fingerprint density at radius 2 is 0.920 bits per heavy atom. The van der Waals surface area contributed by atoms with Crippen molar-refractivity contribution in [3.8, 4) is 56.4 Å². The van der Waals surface area contributed by atoms with Crippen molar-refractivity contribution < 1.29 is 4.42 Å². The van der Waals surface area contributed by atoms with E-state index in [-0.39, 0.29) is 0 Å². The van der Waals surface area contributed by atoms with Crippen LogP contribution < -0.4 is 0 Å². The minimum atomic E-state index is 0.566. The largest absolute Gasteiger partial charge is 0.455 e. The molecule has 5 heteroatoms. The minimum absolute atomic E-state index is 0.566. The Labute approximate surface area is 292 Å². The van der Waals surface area contributed by atoms with Crippen LogP contribution in [0.1, 0.15) is 0 Å². The van der Waals surface area contributed by atoms with Crippen molar-refractivity contribution in [3.05, 3.63) is 164 Å². The van der Waals surface area contributed by atoms with Gasteiger partial charge in [-0.3, -0.25) is 0 Å². The summed E-state index contributed by atoms with van der Waals surface area (Å²) in [5.41, 5.74) is 8.81. The molecule has 0 amide bonds. The molecule has 0 atom stereocenters. The Balaban J connectivity index is 1.17. The van der Waals surface area contributed by atoms with Crippen molar-refractivity contribution >= 4 is 53.4 Å². The van der Waals surface area contributed by atoms with E-state index in [1.54, 1.807) is 0 Å². The maximum Gasteiger partial charge on any atom is 0.167 e. The van der Waals surface area contributed by atoms with E-state index in [4.69, 9.17) is 19.4 Å². The number of para-hydroxylation sites is 1. The van der Waals surface area contributed by atoms with E-state index < -0.39 is 0 Å². The van der Waals surface area contributed by atoms with Gasteiger partial charge in [-0.2, -0.15) is 0 Å². The van der Waals surface area contributed by atoms with Crippen molar-refractivity contribution in [1.29, 1.82) is 0 Å². The molecule has 0 unspecified atom stereocenters. The summed E-state index contributed by atoms with van der Waals surface area (Å²) >= 11 is 1.83. The second-order valence-corrected chi connectivity index (χ2v) is 13.5. The number of thiophene rings is 1. The van der Waals surface area contributed by atoms with E-state index in [1.807, 2.05) is 59.9 Å². The number of rotatable bonds is 5. The first-order valence-electron chi connectivity index (χ1n) is 16.6. The fourth-order valence-electron chi connectivity index (χ4n) is 6.92. The predicted molar refractivity (Wildman–Crippen MR) is 207 cm³/mol. The summed E-state index contributed by atoms with van der Waals surface area (Å²) in [6.45, 7) is 0. The monoisotopic (exact) mass is 657 g/mol. The quantitative estimate of drug-likeness (QED) is 0.185. The summed E-state index contributed by atoms with van der Waals surface area (Å²) in [6, 6.07) is 56.8.